The third-order valence-electron chi connectivity index (χ3n) is 7.20. The van der Waals surface area contributed by atoms with E-state index in [1.807, 2.05) is 61.5 Å². The molecule has 0 spiro atoms. The van der Waals surface area contributed by atoms with Crippen molar-refractivity contribution in [3.05, 3.63) is 112 Å². The Bertz CT molecular complexity index is 1740. The maximum Gasteiger partial charge on any atom is 0.296 e. The van der Waals surface area contributed by atoms with E-state index in [1.54, 1.807) is 24.3 Å². The first kappa shape index (κ1) is 33.2. The van der Waals surface area contributed by atoms with Crippen molar-refractivity contribution in [1.82, 2.24) is 10.2 Å². The van der Waals surface area contributed by atoms with Crippen LogP contribution in [0.25, 0.3) is 6.08 Å². The summed E-state index contributed by atoms with van der Waals surface area (Å²) < 4.78 is 12.6. The normalized spacial score (nSPS) is 14.8. The van der Waals surface area contributed by atoms with Crippen LogP contribution in [0.5, 0.6) is 11.5 Å². The third kappa shape index (κ3) is 7.81. The largest absolute Gasteiger partial charge is 0.503 e. The van der Waals surface area contributed by atoms with Crippen LogP contribution in [0.3, 0.4) is 0 Å². The SMILES string of the molecule is CCCCCOc1ccc(C2C(C(=O)C=Cc3ccccc3)=C(O)C(=O)N2c2nnc(SCc3ccccc3Cl)s2)cc1OCC. The number of anilines is 1. The lowest BCUT2D eigenvalue weighted by atomic mass is 9.95. The number of hydrogen-bond acceptors (Lipinski definition) is 9. The molecule has 4 aromatic rings. The minimum Gasteiger partial charge on any atom is -0.503 e. The standard InChI is InChI=1S/C35H34ClN3O5S2/c1-3-5-11-20-44-28-19-17-24(21-29(28)43-4-2)31-30(27(40)18-16-23-12-7-6-8-13-23)32(41)33(42)39(31)34-37-38-35(46-34)45-22-25-14-9-10-15-26(25)36/h6-10,12-19,21,31,41H,3-5,11,20,22H2,1-2H3. The molecule has 1 atom stereocenters. The lowest BCUT2D eigenvalue weighted by Crippen LogP contribution is -2.31. The summed E-state index contributed by atoms with van der Waals surface area (Å²) in [4.78, 5) is 28.7. The lowest BCUT2D eigenvalue weighted by molar-refractivity contribution is -0.117. The van der Waals surface area contributed by atoms with E-state index in [9.17, 15) is 14.7 Å². The topological polar surface area (TPSA) is 102 Å². The molecule has 0 aliphatic carbocycles. The highest BCUT2D eigenvalue weighted by Crippen LogP contribution is 2.45. The van der Waals surface area contributed by atoms with Crippen LogP contribution in [0, 0.1) is 0 Å². The van der Waals surface area contributed by atoms with Gasteiger partial charge in [-0.3, -0.25) is 14.5 Å². The van der Waals surface area contributed by atoms with Crippen LogP contribution < -0.4 is 14.4 Å². The fourth-order valence-electron chi connectivity index (χ4n) is 4.93. The van der Waals surface area contributed by atoms with Crippen molar-refractivity contribution in [3.8, 4) is 11.5 Å². The maximum atomic E-state index is 13.7. The first-order chi connectivity index (χ1) is 22.4. The molecule has 46 heavy (non-hydrogen) atoms. The van der Waals surface area contributed by atoms with Crippen molar-refractivity contribution in [1.29, 1.82) is 0 Å². The Morgan fingerprint density at radius 1 is 1.02 bits per heavy atom. The number of halogens is 1. The first-order valence-corrected chi connectivity index (χ1v) is 17.2. The van der Waals surface area contributed by atoms with Crippen LogP contribution in [0.15, 0.2) is 94.5 Å². The molecule has 238 valence electrons. The number of nitrogens with zero attached hydrogens (tertiary/aromatic N) is 3. The Morgan fingerprint density at radius 2 is 1.80 bits per heavy atom. The van der Waals surface area contributed by atoms with E-state index in [1.165, 1.54) is 34.1 Å². The molecule has 2 heterocycles. The molecule has 1 amide bonds. The number of rotatable bonds is 15. The number of carbonyl (C=O) groups is 2. The number of allylic oxidation sites excluding steroid dienone is 1. The van der Waals surface area contributed by atoms with Crippen molar-refractivity contribution in [2.45, 2.75) is 49.2 Å². The third-order valence-corrected chi connectivity index (χ3v) is 9.67. The van der Waals surface area contributed by atoms with Gasteiger partial charge in [-0.2, -0.15) is 0 Å². The van der Waals surface area contributed by atoms with Crippen LogP contribution in [-0.4, -0.2) is 40.2 Å². The molecule has 0 radical (unpaired) electrons. The fourth-order valence-corrected chi connectivity index (χ4v) is 7.08. The smallest absolute Gasteiger partial charge is 0.296 e. The van der Waals surface area contributed by atoms with Gasteiger partial charge in [0.05, 0.1) is 24.8 Å². The number of carbonyl (C=O) groups excluding carboxylic acids is 2. The number of hydrogen-bond donors (Lipinski definition) is 1. The second kappa shape index (κ2) is 15.9. The Hall–Kier alpha value is -4.12. The summed E-state index contributed by atoms with van der Waals surface area (Å²) >= 11 is 8.96. The molecular formula is C35H34ClN3O5S2. The number of aliphatic hydroxyl groups excluding tert-OH is 1. The van der Waals surface area contributed by atoms with Gasteiger partial charge >= 0.3 is 0 Å². The van der Waals surface area contributed by atoms with E-state index < -0.39 is 23.5 Å². The van der Waals surface area contributed by atoms with E-state index in [4.69, 9.17) is 21.1 Å². The van der Waals surface area contributed by atoms with Crippen LogP contribution in [0.1, 0.15) is 55.8 Å². The number of thioether (sulfide) groups is 1. The average Bonchev–Trinajstić information content (AvgIpc) is 3.64. The predicted molar refractivity (Wildman–Crippen MR) is 184 cm³/mol. The molecule has 3 aromatic carbocycles. The molecule has 1 unspecified atom stereocenters. The lowest BCUT2D eigenvalue weighted by Gasteiger charge is -2.24. The van der Waals surface area contributed by atoms with Gasteiger partial charge < -0.3 is 14.6 Å². The van der Waals surface area contributed by atoms with Crippen molar-refractivity contribution in [2.75, 3.05) is 18.1 Å². The Kier molecular flexibility index (Phi) is 11.5. The van der Waals surface area contributed by atoms with Gasteiger partial charge in [0.25, 0.3) is 5.91 Å². The second-order valence-corrected chi connectivity index (χ2v) is 13.0. The van der Waals surface area contributed by atoms with Gasteiger partial charge in [-0.05, 0) is 54.3 Å². The molecule has 8 nitrogen and oxygen atoms in total. The molecule has 1 aliphatic rings. The zero-order chi connectivity index (χ0) is 32.5. The van der Waals surface area contributed by atoms with Crippen molar-refractivity contribution in [2.24, 2.45) is 0 Å². The van der Waals surface area contributed by atoms with Crippen molar-refractivity contribution in [3.63, 3.8) is 0 Å². The van der Waals surface area contributed by atoms with Crippen LogP contribution in [0.4, 0.5) is 5.13 Å². The minimum atomic E-state index is -0.983. The zero-order valence-electron chi connectivity index (χ0n) is 25.5. The number of benzene rings is 3. The summed E-state index contributed by atoms with van der Waals surface area (Å²) in [5.41, 5.74) is 2.25. The monoisotopic (exact) mass is 675 g/mol. The second-order valence-electron chi connectivity index (χ2n) is 10.4. The summed E-state index contributed by atoms with van der Waals surface area (Å²) in [6.07, 6.45) is 6.05. The molecule has 0 saturated carbocycles. The van der Waals surface area contributed by atoms with Crippen molar-refractivity contribution < 1.29 is 24.2 Å². The highest BCUT2D eigenvalue weighted by atomic mass is 35.5. The van der Waals surface area contributed by atoms with Gasteiger partial charge in [-0.15, -0.1) is 10.2 Å². The highest BCUT2D eigenvalue weighted by Gasteiger charge is 2.45. The number of aromatic nitrogens is 2. The molecule has 11 heteroatoms. The predicted octanol–water partition coefficient (Wildman–Crippen LogP) is 8.63. The molecule has 0 fully saturated rings. The van der Waals surface area contributed by atoms with E-state index in [0.717, 1.165) is 30.4 Å². The zero-order valence-corrected chi connectivity index (χ0v) is 27.9. The van der Waals surface area contributed by atoms with Gasteiger partial charge in [0.2, 0.25) is 5.13 Å². The average molecular weight is 676 g/mol. The highest BCUT2D eigenvalue weighted by molar-refractivity contribution is 8.00. The molecule has 0 bridgehead atoms. The van der Waals surface area contributed by atoms with Gasteiger partial charge in [0, 0.05) is 10.8 Å². The molecular weight excluding hydrogens is 642 g/mol. The summed E-state index contributed by atoms with van der Waals surface area (Å²) in [6, 6.07) is 21.2. The van der Waals surface area contributed by atoms with Gasteiger partial charge in [-0.25, -0.2) is 0 Å². The van der Waals surface area contributed by atoms with E-state index in [0.29, 0.717) is 45.4 Å². The molecule has 1 aromatic heterocycles. The Labute approximate surface area is 281 Å². The van der Waals surface area contributed by atoms with Gasteiger partial charge in [0.1, 0.15) is 0 Å². The van der Waals surface area contributed by atoms with Crippen molar-refractivity contribution >= 4 is 57.6 Å². The van der Waals surface area contributed by atoms with Crippen LogP contribution >= 0.6 is 34.7 Å². The van der Waals surface area contributed by atoms with E-state index in [2.05, 4.69) is 17.1 Å². The Balaban J connectivity index is 1.50. The summed E-state index contributed by atoms with van der Waals surface area (Å²) in [6.45, 7) is 4.92. The van der Waals surface area contributed by atoms with E-state index >= 15 is 0 Å². The summed E-state index contributed by atoms with van der Waals surface area (Å²) in [5, 5.41) is 20.7. The minimum absolute atomic E-state index is 0.0586. The van der Waals surface area contributed by atoms with E-state index in [-0.39, 0.29) is 10.7 Å². The quantitative estimate of drug-likeness (QED) is 0.0578. The first-order valence-electron chi connectivity index (χ1n) is 15.0. The number of ketones is 1. The molecule has 5 rings (SSSR count). The number of aliphatic hydroxyl groups is 1. The summed E-state index contributed by atoms with van der Waals surface area (Å²) in [5.74, 6) is -0.269. The molecule has 0 saturated heterocycles. The summed E-state index contributed by atoms with van der Waals surface area (Å²) in [7, 11) is 0. The fraction of sp³-hybridized carbons (Fsp3) is 0.257. The Morgan fingerprint density at radius 3 is 2.57 bits per heavy atom. The molecule has 1 aliphatic heterocycles. The van der Waals surface area contributed by atoms with Gasteiger partial charge in [-0.1, -0.05) is 115 Å². The van der Waals surface area contributed by atoms with Crippen LogP contribution in [-0.2, 0) is 15.3 Å². The van der Waals surface area contributed by atoms with Crippen LogP contribution in [0.2, 0.25) is 5.02 Å². The maximum absolute atomic E-state index is 13.7. The van der Waals surface area contributed by atoms with Gasteiger partial charge in [0.15, 0.2) is 27.4 Å². The number of unbranched alkanes of at least 4 members (excludes halogenated alkanes) is 2. The molecule has 1 N–H and O–H groups in total. The number of ether oxygens (including phenoxy) is 2. The number of amides is 1.